The first-order valence-electron chi connectivity index (χ1n) is 4.90. The molecule has 0 spiro atoms. The van der Waals surface area contributed by atoms with Crippen LogP contribution in [0.1, 0.15) is 18.2 Å². The van der Waals surface area contributed by atoms with Gasteiger partial charge in [-0.05, 0) is 12.5 Å². The Bertz CT molecular complexity index is 291. The monoisotopic (exact) mass is 211 g/mol. The van der Waals surface area contributed by atoms with Crippen molar-refractivity contribution in [1.29, 1.82) is 0 Å². The summed E-state index contributed by atoms with van der Waals surface area (Å²) in [5.74, 6) is 0.717. The predicted molar refractivity (Wildman–Crippen MR) is 57.6 cm³/mol. The lowest BCUT2D eigenvalue weighted by molar-refractivity contribution is 0.0460. The van der Waals surface area contributed by atoms with Crippen molar-refractivity contribution in [2.24, 2.45) is 5.73 Å². The molecule has 0 amide bonds. The van der Waals surface area contributed by atoms with Crippen LogP contribution in [0.15, 0.2) is 24.3 Å². The zero-order chi connectivity index (χ0) is 11.1. The van der Waals surface area contributed by atoms with E-state index < -0.39 is 6.23 Å². The first-order chi connectivity index (χ1) is 7.29. The molecule has 84 valence electrons. The fourth-order valence-electron chi connectivity index (χ4n) is 1.27. The highest BCUT2D eigenvalue weighted by atomic mass is 16.5. The van der Waals surface area contributed by atoms with Crippen LogP contribution in [-0.4, -0.2) is 25.4 Å². The maximum atomic E-state index is 8.60. The van der Waals surface area contributed by atoms with E-state index in [0.29, 0.717) is 18.8 Å². The highest BCUT2D eigenvalue weighted by Gasteiger charge is 2.10. The zero-order valence-corrected chi connectivity index (χ0v) is 8.85. The van der Waals surface area contributed by atoms with Crippen molar-refractivity contribution in [3.63, 3.8) is 0 Å². The van der Waals surface area contributed by atoms with E-state index in [1.54, 1.807) is 7.11 Å². The van der Waals surface area contributed by atoms with Crippen molar-refractivity contribution in [3.05, 3.63) is 29.8 Å². The standard InChI is InChI=1S/C11H17NO3/c1-14-10-6-3-2-5-9(10)11(12)15-8-4-7-13/h2-3,5-6,11,13H,4,7-8,12H2,1H3. The largest absolute Gasteiger partial charge is 0.496 e. The van der Waals surface area contributed by atoms with Crippen molar-refractivity contribution in [1.82, 2.24) is 0 Å². The Balaban J connectivity index is 2.59. The number of nitrogens with two attached hydrogens (primary N) is 1. The summed E-state index contributed by atoms with van der Waals surface area (Å²) in [6.45, 7) is 0.550. The average Bonchev–Trinajstić information content (AvgIpc) is 2.29. The number of hydrogen-bond acceptors (Lipinski definition) is 4. The van der Waals surface area contributed by atoms with Crippen LogP contribution in [0.4, 0.5) is 0 Å². The molecule has 4 heteroatoms. The molecule has 1 aromatic rings. The van der Waals surface area contributed by atoms with Crippen LogP contribution >= 0.6 is 0 Å². The maximum Gasteiger partial charge on any atom is 0.135 e. The maximum absolute atomic E-state index is 8.60. The Labute approximate surface area is 89.6 Å². The van der Waals surface area contributed by atoms with Crippen molar-refractivity contribution in [2.45, 2.75) is 12.6 Å². The van der Waals surface area contributed by atoms with E-state index in [0.717, 1.165) is 5.56 Å². The van der Waals surface area contributed by atoms with E-state index in [4.69, 9.17) is 20.3 Å². The van der Waals surface area contributed by atoms with Crippen molar-refractivity contribution in [3.8, 4) is 5.75 Å². The minimum absolute atomic E-state index is 0.110. The van der Waals surface area contributed by atoms with Crippen LogP contribution < -0.4 is 10.5 Å². The highest BCUT2D eigenvalue weighted by molar-refractivity contribution is 5.34. The number of aliphatic hydroxyl groups excluding tert-OH is 1. The summed E-state index contributed by atoms with van der Waals surface area (Å²) >= 11 is 0. The Morgan fingerprint density at radius 3 is 2.80 bits per heavy atom. The molecule has 0 bridgehead atoms. The third-order valence-electron chi connectivity index (χ3n) is 2.05. The topological polar surface area (TPSA) is 64.7 Å². The molecule has 0 heterocycles. The normalized spacial score (nSPS) is 12.5. The van der Waals surface area contributed by atoms with Gasteiger partial charge in [-0.2, -0.15) is 0 Å². The average molecular weight is 211 g/mol. The van der Waals surface area contributed by atoms with Gasteiger partial charge in [-0.1, -0.05) is 18.2 Å². The smallest absolute Gasteiger partial charge is 0.135 e. The Morgan fingerprint density at radius 1 is 1.40 bits per heavy atom. The van der Waals surface area contributed by atoms with Crippen LogP contribution in [0.2, 0.25) is 0 Å². The number of para-hydroxylation sites is 1. The van der Waals surface area contributed by atoms with Gasteiger partial charge in [0, 0.05) is 12.2 Å². The molecule has 4 nitrogen and oxygen atoms in total. The Kier molecular flexibility index (Phi) is 5.10. The fraction of sp³-hybridized carbons (Fsp3) is 0.455. The quantitative estimate of drug-likeness (QED) is 0.545. The predicted octanol–water partition coefficient (Wildman–Crippen LogP) is 1.05. The van der Waals surface area contributed by atoms with E-state index in [9.17, 15) is 0 Å². The van der Waals surface area contributed by atoms with Crippen molar-refractivity contribution >= 4 is 0 Å². The van der Waals surface area contributed by atoms with Gasteiger partial charge in [0.15, 0.2) is 0 Å². The van der Waals surface area contributed by atoms with Gasteiger partial charge in [-0.3, -0.25) is 0 Å². The molecule has 0 saturated carbocycles. The number of aliphatic hydroxyl groups is 1. The van der Waals surface area contributed by atoms with Crippen LogP contribution in [0, 0.1) is 0 Å². The van der Waals surface area contributed by atoms with Crippen LogP contribution in [0.3, 0.4) is 0 Å². The number of benzene rings is 1. The van der Waals surface area contributed by atoms with E-state index >= 15 is 0 Å². The molecule has 0 aliphatic carbocycles. The molecular formula is C11H17NO3. The Morgan fingerprint density at radius 2 is 2.13 bits per heavy atom. The second kappa shape index (κ2) is 6.40. The number of rotatable bonds is 6. The SMILES string of the molecule is COc1ccccc1C(N)OCCCO. The summed E-state index contributed by atoms with van der Waals surface area (Å²) in [4.78, 5) is 0. The lowest BCUT2D eigenvalue weighted by Gasteiger charge is -2.15. The van der Waals surface area contributed by atoms with E-state index in [2.05, 4.69) is 0 Å². The second-order valence-corrected chi connectivity index (χ2v) is 3.11. The molecular weight excluding hydrogens is 194 g/mol. The van der Waals surface area contributed by atoms with E-state index in [1.807, 2.05) is 24.3 Å². The number of hydrogen-bond donors (Lipinski definition) is 2. The minimum Gasteiger partial charge on any atom is -0.496 e. The molecule has 0 aromatic heterocycles. The van der Waals surface area contributed by atoms with Crippen molar-refractivity contribution in [2.75, 3.05) is 20.3 Å². The van der Waals surface area contributed by atoms with Gasteiger partial charge in [-0.15, -0.1) is 0 Å². The number of methoxy groups -OCH3 is 1. The second-order valence-electron chi connectivity index (χ2n) is 3.11. The molecule has 1 unspecified atom stereocenters. The van der Waals surface area contributed by atoms with Gasteiger partial charge >= 0.3 is 0 Å². The summed E-state index contributed by atoms with van der Waals surface area (Å²) in [6, 6.07) is 7.46. The molecule has 1 atom stereocenters. The molecule has 3 N–H and O–H groups in total. The molecule has 0 aliphatic heterocycles. The van der Waals surface area contributed by atoms with Gasteiger partial charge in [0.2, 0.25) is 0 Å². The lowest BCUT2D eigenvalue weighted by atomic mass is 10.2. The summed E-state index contributed by atoms with van der Waals surface area (Å²) < 4.78 is 10.5. The zero-order valence-electron chi connectivity index (χ0n) is 8.85. The van der Waals surface area contributed by atoms with Gasteiger partial charge in [0.1, 0.15) is 12.0 Å². The molecule has 0 fully saturated rings. The molecule has 1 aromatic carbocycles. The van der Waals surface area contributed by atoms with E-state index in [1.165, 1.54) is 0 Å². The lowest BCUT2D eigenvalue weighted by Crippen LogP contribution is -2.16. The molecule has 0 aliphatic rings. The van der Waals surface area contributed by atoms with Gasteiger partial charge in [0.05, 0.1) is 13.7 Å². The summed E-state index contributed by atoms with van der Waals surface area (Å²) in [5, 5.41) is 8.60. The first-order valence-corrected chi connectivity index (χ1v) is 4.90. The molecule has 15 heavy (non-hydrogen) atoms. The summed E-state index contributed by atoms with van der Waals surface area (Å²) in [7, 11) is 1.60. The van der Waals surface area contributed by atoms with Gasteiger partial charge < -0.3 is 20.3 Å². The van der Waals surface area contributed by atoms with Crippen LogP contribution in [0.5, 0.6) is 5.75 Å². The van der Waals surface area contributed by atoms with Gasteiger partial charge in [-0.25, -0.2) is 0 Å². The third-order valence-corrected chi connectivity index (χ3v) is 2.05. The minimum atomic E-state index is -0.507. The molecule has 1 rings (SSSR count). The summed E-state index contributed by atoms with van der Waals surface area (Å²) in [6.07, 6.45) is 0.0794. The van der Waals surface area contributed by atoms with Crippen LogP contribution in [-0.2, 0) is 4.74 Å². The van der Waals surface area contributed by atoms with Crippen molar-refractivity contribution < 1.29 is 14.6 Å². The molecule has 0 radical (unpaired) electrons. The van der Waals surface area contributed by atoms with Gasteiger partial charge in [0.25, 0.3) is 0 Å². The number of ether oxygens (including phenoxy) is 2. The fourth-order valence-corrected chi connectivity index (χ4v) is 1.27. The highest BCUT2D eigenvalue weighted by Crippen LogP contribution is 2.23. The van der Waals surface area contributed by atoms with E-state index in [-0.39, 0.29) is 6.61 Å². The van der Waals surface area contributed by atoms with Crippen LogP contribution in [0.25, 0.3) is 0 Å². The summed E-state index contributed by atoms with van der Waals surface area (Å²) in [5.41, 5.74) is 6.65. The molecule has 0 saturated heterocycles. The Hall–Kier alpha value is -1.10. The third kappa shape index (κ3) is 3.51. The first kappa shape index (κ1) is 12.0.